The Morgan fingerprint density at radius 1 is 1.35 bits per heavy atom. The lowest BCUT2D eigenvalue weighted by Crippen LogP contribution is -2.51. The van der Waals surface area contributed by atoms with E-state index >= 15 is 0 Å². The molecule has 4 heterocycles. The minimum Gasteiger partial charge on any atom is -0.344 e. The number of hydrogen-bond donors (Lipinski definition) is 0. The van der Waals surface area contributed by atoms with Crippen LogP contribution >= 0.6 is 11.3 Å². The summed E-state index contributed by atoms with van der Waals surface area (Å²) in [7, 11) is 2.05. The lowest BCUT2D eigenvalue weighted by atomic mass is 10.2. The number of hydrogen-bond acceptors (Lipinski definition) is 6. The predicted molar refractivity (Wildman–Crippen MR) is 90.9 cm³/mol. The van der Waals surface area contributed by atoms with E-state index in [-0.39, 0.29) is 0 Å². The van der Waals surface area contributed by atoms with E-state index in [0.29, 0.717) is 6.04 Å². The second-order valence-electron chi connectivity index (χ2n) is 6.21. The minimum atomic E-state index is 0.471. The summed E-state index contributed by atoms with van der Waals surface area (Å²) in [6.07, 6.45) is 5.85. The van der Waals surface area contributed by atoms with E-state index < -0.39 is 0 Å². The molecule has 1 saturated heterocycles. The van der Waals surface area contributed by atoms with E-state index in [1.807, 2.05) is 30.0 Å². The molecule has 122 valence electrons. The van der Waals surface area contributed by atoms with Crippen LogP contribution in [0.2, 0.25) is 0 Å². The molecule has 1 aliphatic rings. The molecule has 8 heteroatoms. The SMILES string of the molecule is Cc1cn2nc(N3CCN(Cc4nccn4C)C(C)C3)sc2n1. The van der Waals surface area contributed by atoms with Crippen LogP contribution in [0.4, 0.5) is 5.13 Å². The van der Waals surface area contributed by atoms with Crippen LogP contribution < -0.4 is 4.90 Å². The minimum absolute atomic E-state index is 0.471. The van der Waals surface area contributed by atoms with Gasteiger partial charge in [0.25, 0.3) is 0 Å². The van der Waals surface area contributed by atoms with Crippen molar-refractivity contribution in [3.63, 3.8) is 0 Å². The lowest BCUT2D eigenvalue weighted by molar-refractivity contribution is 0.175. The highest BCUT2D eigenvalue weighted by Gasteiger charge is 2.26. The van der Waals surface area contributed by atoms with Crippen LogP contribution in [-0.2, 0) is 13.6 Å². The Morgan fingerprint density at radius 3 is 2.91 bits per heavy atom. The van der Waals surface area contributed by atoms with E-state index in [1.54, 1.807) is 11.3 Å². The highest BCUT2D eigenvalue weighted by Crippen LogP contribution is 2.25. The van der Waals surface area contributed by atoms with E-state index in [2.05, 4.69) is 43.4 Å². The van der Waals surface area contributed by atoms with E-state index in [0.717, 1.165) is 47.8 Å². The van der Waals surface area contributed by atoms with Crippen molar-refractivity contribution in [3.8, 4) is 0 Å². The number of aromatic nitrogens is 5. The highest BCUT2D eigenvalue weighted by atomic mass is 32.1. The first kappa shape index (κ1) is 14.6. The van der Waals surface area contributed by atoms with E-state index in [9.17, 15) is 0 Å². The predicted octanol–water partition coefficient (Wildman–Crippen LogP) is 1.54. The molecule has 1 aliphatic heterocycles. The summed E-state index contributed by atoms with van der Waals surface area (Å²) in [5, 5.41) is 5.74. The van der Waals surface area contributed by atoms with Crippen LogP contribution in [0.5, 0.6) is 0 Å². The van der Waals surface area contributed by atoms with Gasteiger partial charge in [-0.15, -0.1) is 5.10 Å². The molecule has 0 spiro atoms. The molecule has 0 aliphatic carbocycles. The molecular formula is C15H21N7S. The molecule has 0 bridgehead atoms. The third-order valence-electron chi connectivity index (χ3n) is 4.45. The maximum absolute atomic E-state index is 4.67. The van der Waals surface area contributed by atoms with Gasteiger partial charge >= 0.3 is 0 Å². The van der Waals surface area contributed by atoms with Crippen molar-refractivity contribution in [2.75, 3.05) is 24.5 Å². The fraction of sp³-hybridized carbons (Fsp3) is 0.533. The third-order valence-corrected chi connectivity index (χ3v) is 5.44. The average molecular weight is 331 g/mol. The number of nitrogens with zero attached hydrogens (tertiary/aromatic N) is 7. The summed E-state index contributed by atoms with van der Waals surface area (Å²) in [6, 6.07) is 0.471. The Kier molecular flexibility index (Phi) is 3.57. The van der Waals surface area contributed by atoms with Crippen LogP contribution in [0, 0.1) is 6.92 Å². The van der Waals surface area contributed by atoms with Crippen molar-refractivity contribution >= 4 is 21.4 Å². The van der Waals surface area contributed by atoms with Crippen LogP contribution in [0.15, 0.2) is 18.6 Å². The van der Waals surface area contributed by atoms with Gasteiger partial charge in [0.2, 0.25) is 10.1 Å². The zero-order valence-corrected chi connectivity index (χ0v) is 14.5. The molecule has 1 atom stereocenters. The number of aryl methyl sites for hydroxylation is 2. The molecule has 0 saturated carbocycles. The Balaban J connectivity index is 1.46. The van der Waals surface area contributed by atoms with Gasteiger partial charge in [-0.3, -0.25) is 4.90 Å². The van der Waals surface area contributed by atoms with Gasteiger partial charge in [0, 0.05) is 45.1 Å². The molecule has 0 aromatic carbocycles. The smallest absolute Gasteiger partial charge is 0.214 e. The maximum Gasteiger partial charge on any atom is 0.214 e. The average Bonchev–Trinajstić information content (AvgIpc) is 3.16. The summed E-state index contributed by atoms with van der Waals surface area (Å²) in [6.45, 7) is 8.18. The molecule has 23 heavy (non-hydrogen) atoms. The molecule has 4 rings (SSSR count). The van der Waals surface area contributed by atoms with Crippen LogP contribution in [-0.4, -0.2) is 54.7 Å². The third kappa shape index (κ3) is 2.72. The van der Waals surface area contributed by atoms with Crippen molar-refractivity contribution < 1.29 is 0 Å². The van der Waals surface area contributed by atoms with Gasteiger partial charge in [-0.1, -0.05) is 11.3 Å². The van der Waals surface area contributed by atoms with Gasteiger partial charge in [-0.2, -0.15) is 0 Å². The molecule has 0 N–H and O–H groups in total. The molecule has 0 radical (unpaired) electrons. The Hall–Kier alpha value is -1.93. The maximum atomic E-state index is 4.67. The van der Waals surface area contributed by atoms with Gasteiger partial charge < -0.3 is 9.47 Å². The first-order valence-corrected chi connectivity index (χ1v) is 8.70. The Labute approximate surface area is 139 Å². The fourth-order valence-corrected chi connectivity index (χ4v) is 4.02. The molecule has 1 unspecified atom stereocenters. The molecule has 3 aromatic heterocycles. The number of rotatable bonds is 3. The first-order chi connectivity index (χ1) is 11.1. The summed E-state index contributed by atoms with van der Waals surface area (Å²) in [5.74, 6) is 1.12. The van der Waals surface area contributed by atoms with Crippen molar-refractivity contribution in [3.05, 3.63) is 30.1 Å². The second kappa shape index (κ2) is 5.61. The lowest BCUT2D eigenvalue weighted by Gasteiger charge is -2.39. The van der Waals surface area contributed by atoms with Gasteiger partial charge in [-0.25, -0.2) is 14.5 Å². The molecule has 0 amide bonds. The topological polar surface area (TPSA) is 54.5 Å². The first-order valence-electron chi connectivity index (χ1n) is 7.88. The number of fused-ring (bicyclic) bond motifs is 1. The van der Waals surface area contributed by atoms with Gasteiger partial charge in [-0.05, 0) is 13.8 Å². The summed E-state index contributed by atoms with van der Waals surface area (Å²) in [4.78, 5) is 14.8. The summed E-state index contributed by atoms with van der Waals surface area (Å²) >= 11 is 1.67. The Bertz CT molecular complexity index is 785. The van der Waals surface area contributed by atoms with E-state index in [4.69, 9.17) is 0 Å². The quantitative estimate of drug-likeness (QED) is 0.729. The molecule has 7 nitrogen and oxygen atoms in total. The monoisotopic (exact) mass is 331 g/mol. The zero-order chi connectivity index (χ0) is 16.0. The zero-order valence-electron chi connectivity index (χ0n) is 13.7. The standard InChI is InChI=1S/C15H21N7S/c1-11-8-22-14(17-11)23-15(18-22)21-7-6-20(12(2)9-21)10-13-16-4-5-19(13)3/h4-5,8,12H,6-7,9-10H2,1-3H3. The summed E-state index contributed by atoms with van der Waals surface area (Å²) in [5.41, 5.74) is 1.02. The number of anilines is 1. The molecule has 3 aromatic rings. The van der Waals surface area contributed by atoms with Gasteiger partial charge in [0.1, 0.15) is 5.82 Å². The number of piperazine rings is 1. The summed E-state index contributed by atoms with van der Waals surface area (Å²) < 4.78 is 3.98. The van der Waals surface area contributed by atoms with E-state index in [1.165, 1.54) is 0 Å². The van der Waals surface area contributed by atoms with Crippen LogP contribution in [0.25, 0.3) is 4.96 Å². The van der Waals surface area contributed by atoms with Crippen LogP contribution in [0.3, 0.4) is 0 Å². The normalized spacial score (nSPS) is 19.8. The Morgan fingerprint density at radius 2 is 2.22 bits per heavy atom. The molecule has 1 fully saturated rings. The van der Waals surface area contributed by atoms with Crippen molar-refractivity contribution in [2.24, 2.45) is 7.05 Å². The van der Waals surface area contributed by atoms with Crippen LogP contribution in [0.1, 0.15) is 18.4 Å². The van der Waals surface area contributed by atoms with Gasteiger partial charge in [0.15, 0.2) is 0 Å². The van der Waals surface area contributed by atoms with Crippen molar-refractivity contribution in [2.45, 2.75) is 26.4 Å². The fourth-order valence-electron chi connectivity index (χ4n) is 3.06. The number of imidazole rings is 2. The van der Waals surface area contributed by atoms with Crippen molar-refractivity contribution in [1.82, 2.24) is 29.0 Å². The van der Waals surface area contributed by atoms with Crippen molar-refractivity contribution in [1.29, 1.82) is 0 Å². The second-order valence-corrected chi connectivity index (χ2v) is 7.15. The van der Waals surface area contributed by atoms with Gasteiger partial charge in [0.05, 0.1) is 18.4 Å². The highest BCUT2D eigenvalue weighted by molar-refractivity contribution is 7.20. The largest absolute Gasteiger partial charge is 0.344 e. The molecular weight excluding hydrogens is 310 g/mol.